The number of aliphatic imine (C=N–C) groups is 1. The Hall–Kier alpha value is -3.18. The van der Waals surface area contributed by atoms with Crippen LogP contribution in [0.1, 0.15) is 28.5 Å². The van der Waals surface area contributed by atoms with E-state index in [1.807, 2.05) is 35.9 Å². The van der Waals surface area contributed by atoms with E-state index in [0.29, 0.717) is 26.7 Å². The first-order valence-corrected chi connectivity index (χ1v) is 11.9. The van der Waals surface area contributed by atoms with Gasteiger partial charge in [0.1, 0.15) is 5.75 Å². The molecule has 0 atom stereocenters. The molecule has 0 spiro atoms. The van der Waals surface area contributed by atoms with Gasteiger partial charge in [-0.15, -0.1) is 0 Å². The maximum absolute atomic E-state index is 13.1. The van der Waals surface area contributed by atoms with E-state index in [0.717, 1.165) is 27.4 Å². The van der Waals surface area contributed by atoms with Gasteiger partial charge in [0.15, 0.2) is 11.1 Å². The lowest BCUT2D eigenvalue weighted by Gasteiger charge is -2.09. The minimum Gasteiger partial charge on any atom is -0.506 e. The van der Waals surface area contributed by atoms with E-state index in [-0.39, 0.29) is 24.9 Å². The molecule has 4 rings (SSSR count). The third kappa shape index (κ3) is 4.38. The highest BCUT2D eigenvalue weighted by atomic mass is 79.9. The number of esters is 1. The summed E-state index contributed by atoms with van der Waals surface area (Å²) in [5.41, 5.74) is 15.1. The maximum Gasteiger partial charge on any atom is 0.340 e. The molecule has 2 aromatic carbocycles. The van der Waals surface area contributed by atoms with E-state index < -0.39 is 5.97 Å². The number of nitrogens with zero attached hydrogens (tertiary/aromatic N) is 3. The van der Waals surface area contributed by atoms with Gasteiger partial charge >= 0.3 is 5.97 Å². The summed E-state index contributed by atoms with van der Waals surface area (Å²) < 4.78 is 7.77. The van der Waals surface area contributed by atoms with E-state index in [1.54, 1.807) is 13.0 Å². The number of phenolic OH excluding ortho intramolecular Hbond substituents is 1. The SMILES string of the molecule is CCOC(=O)c1c(CSc2nc3ccccc3[nH]2)n(C)c2cc(Br)c(O)c(CN=C(N)N)c12. The van der Waals surface area contributed by atoms with Crippen LogP contribution in [0.2, 0.25) is 0 Å². The number of carbonyl (C=O) groups excluding carboxylic acids is 1. The number of para-hydroxylation sites is 2. The Morgan fingerprint density at radius 1 is 1.36 bits per heavy atom. The van der Waals surface area contributed by atoms with Crippen LogP contribution in [0.15, 0.2) is 45.0 Å². The zero-order chi connectivity index (χ0) is 23.7. The fraction of sp³-hybridized carbons (Fsp3) is 0.227. The molecule has 0 aliphatic heterocycles. The lowest BCUT2D eigenvalue weighted by Crippen LogP contribution is -2.22. The highest BCUT2D eigenvalue weighted by Gasteiger charge is 2.27. The molecule has 4 aromatic rings. The average Bonchev–Trinajstić information content (AvgIpc) is 3.31. The summed E-state index contributed by atoms with van der Waals surface area (Å²) in [5.74, 6) is -0.174. The van der Waals surface area contributed by atoms with Crippen molar-refractivity contribution in [2.24, 2.45) is 23.5 Å². The topological polar surface area (TPSA) is 145 Å². The summed E-state index contributed by atoms with van der Waals surface area (Å²) in [6, 6.07) is 9.54. The number of nitrogens with one attached hydrogen (secondary N) is 1. The number of rotatable bonds is 7. The van der Waals surface area contributed by atoms with Crippen LogP contribution in [-0.4, -0.2) is 38.2 Å². The Bertz CT molecular complexity index is 1360. The second-order valence-electron chi connectivity index (χ2n) is 7.27. The van der Waals surface area contributed by atoms with Gasteiger partial charge < -0.3 is 30.9 Å². The number of aromatic nitrogens is 3. The number of imidazole rings is 1. The van der Waals surface area contributed by atoms with Crippen LogP contribution in [0.5, 0.6) is 5.75 Å². The number of ether oxygens (including phenoxy) is 1. The van der Waals surface area contributed by atoms with Crippen molar-refractivity contribution in [3.8, 4) is 5.75 Å². The monoisotopic (exact) mass is 530 g/mol. The summed E-state index contributed by atoms with van der Waals surface area (Å²) in [6.07, 6.45) is 0. The number of thioether (sulfide) groups is 1. The van der Waals surface area contributed by atoms with Gasteiger partial charge in [-0.3, -0.25) is 0 Å². The molecule has 0 radical (unpaired) electrons. The first-order chi connectivity index (χ1) is 15.8. The maximum atomic E-state index is 13.1. The van der Waals surface area contributed by atoms with Crippen LogP contribution in [0.25, 0.3) is 21.9 Å². The Morgan fingerprint density at radius 3 is 2.82 bits per heavy atom. The zero-order valence-corrected chi connectivity index (χ0v) is 20.5. The Balaban J connectivity index is 1.86. The summed E-state index contributed by atoms with van der Waals surface area (Å²) in [5, 5.41) is 12.0. The number of guanidine groups is 1. The molecule has 0 aliphatic carbocycles. The number of fused-ring (bicyclic) bond motifs is 2. The molecule has 9 nitrogen and oxygen atoms in total. The van der Waals surface area contributed by atoms with Gasteiger partial charge in [-0.2, -0.15) is 0 Å². The lowest BCUT2D eigenvalue weighted by atomic mass is 10.0. The van der Waals surface area contributed by atoms with Gasteiger partial charge in [0.25, 0.3) is 0 Å². The molecule has 2 aromatic heterocycles. The van der Waals surface area contributed by atoms with Gasteiger partial charge in [0.2, 0.25) is 0 Å². The highest BCUT2D eigenvalue weighted by molar-refractivity contribution is 9.10. The van der Waals surface area contributed by atoms with E-state index >= 15 is 0 Å². The van der Waals surface area contributed by atoms with Crippen LogP contribution < -0.4 is 11.5 Å². The van der Waals surface area contributed by atoms with Crippen LogP contribution in [0.4, 0.5) is 0 Å². The Kier molecular flexibility index (Phi) is 6.52. The largest absolute Gasteiger partial charge is 0.506 e. The number of aryl methyl sites for hydroxylation is 1. The Morgan fingerprint density at radius 2 is 2.12 bits per heavy atom. The van der Waals surface area contributed by atoms with Gasteiger partial charge in [-0.1, -0.05) is 23.9 Å². The molecule has 2 heterocycles. The summed E-state index contributed by atoms with van der Waals surface area (Å²) in [7, 11) is 1.87. The highest BCUT2D eigenvalue weighted by Crippen LogP contribution is 2.40. The molecule has 0 amide bonds. The lowest BCUT2D eigenvalue weighted by molar-refractivity contribution is 0.0527. The van der Waals surface area contributed by atoms with Gasteiger partial charge in [0, 0.05) is 29.4 Å². The van der Waals surface area contributed by atoms with Crippen molar-refractivity contribution >= 4 is 61.6 Å². The third-order valence-electron chi connectivity index (χ3n) is 5.25. The third-order valence-corrected chi connectivity index (χ3v) is 6.74. The van der Waals surface area contributed by atoms with Crippen molar-refractivity contribution in [3.63, 3.8) is 0 Å². The fourth-order valence-electron chi connectivity index (χ4n) is 3.73. The first-order valence-electron chi connectivity index (χ1n) is 10.1. The fourth-order valence-corrected chi connectivity index (χ4v) is 5.14. The van der Waals surface area contributed by atoms with Crippen molar-refractivity contribution < 1.29 is 14.6 Å². The van der Waals surface area contributed by atoms with Crippen molar-refractivity contribution in [1.82, 2.24) is 14.5 Å². The molecule has 0 bridgehead atoms. The number of nitrogens with two attached hydrogens (primary N) is 2. The van der Waals surface area contributed by atoms with Crippen molar-refractivity contribution in [3.05, 3.63) is 51.6 Å². The smallest absolute Gasteiger partial charge is 0.340 e. The quantitative estimate of drug-likeness (QED) is 0.123. The number of phenols is 1. The van der Waals surface area contributed by atoms with Gasteiger partial charge in [-0.25, -0.2) is 14.8 Å². The summed E-state index contributed by atoms with van der Waals surface area (Å²) in [4.78, 5) is 25.0. The number of aromatic hydroxyl groups is 1. The summed E-state index contributed by atoms with van der Waals surface area (Å²) in [6.45, 7) is 1.98. The molecule has 0 aliphatic rings. The minimum absolute atomic E-state index is 0.0106. The first kappa shape index (κ1) is 23.0. The van der Waals surface area contributed by atoms with E-state index in [1.165, 1.54) is 11.8 Å². The number of benzene rings is 2. The van der Waals surface area contributed by atoms with E-state index in [4.69, 9.17) is 16.2 Å². The average molecular weight is 531 g/mol. The molecular weight excluding hydrogens is 508 g/mol. The van der Waals surface area contributed by atoms with E-state index in [2.05, 4.69) is 30.9 Å². The second kappa shape index (κ2) is 9.36. The number of hydrogen-bond acceptors (Lipinski definition) is 6. The van der Waals surface area contributed by atoms with Crippen molar-refractivity contribution in [2.45, 2.75) is 24.4 Å². The van der Waals surface area contributed by atoms with Crippen molar-refractivity contribution in [2.75, 3.05) is 6.61 Å². The number of halogens is 1. The molecule has 172 valence electrons. The molecule has 0 saturated heterocycles. The molecule has 6 N–H and O–H groups in total. The minimum atomic E-state index is -0.476. The molecular formula is C22H23BrN6O3S. The van der Waals surface area contributed by atoms with Gasteiger partial charge in [0.05, 0.1) is 39.7 Å². The normalized spacial score (nSPS) is 11.2. The van der Waals surface area contributed by atoms with Crippen LogP contribution in [-0.2, 0) is 24.1 Å². The number of aromatic amines is 1. The molecule has 0 saturated carbocycles. The molecule has 33 heavy (non-hydrogen) atoms. The number of H-pyrrole nitrogens is 1. The zero-order valence-electron chi connectivity index (χ0n) is 18.1. The van der Waals surface area contributed by atoms with E-state index in [9.17, 15) is 9.90 Å². The predicted octanol–water partition coefficient (Wildman–Crippen LogP) is 3.77. The van der Waals surface area contributed by atoms with Crippen LogP contribution in [0, 0.1) is 0 Å². The Labute approximate surface area is 202 Å². The van der Waals surface area contributed by atoms with Crippen LogP contribution in [0.3, 0.4) is 0 Å². The number of carbonyl (C=O) groups is 1. The van der Waals surface area contributed by atoms with Gasteiger partial charge in [-0.05, 0) is 41.1 Å². The summed E-state index contributed by atoms with van der Waals surface area (Å²) >= 11 is 4.87. The van der Waals surface area contributed by atoms with Crippen LogP contribution >= 0.6 is 27.7 Å². The molecule has 0 unspecified atom stereocenters. The second-order valence-corrected chi connectivity index (χ2v) is 9.09. The molecule has 11 heteroatoms. The standard InChI is InChI=1S/C22H23BrN6O3S/c1-3-32-20(31)18-16(10-33-22-27-13-6-4-5-7-14(13)28-22)29(2)15-8-12(23)19(30)11(17(15)18)9-26-21(24)25/h4-8,30H,3,9-10H2,1-2H3,(H,27,28)(H4,24,25,26). The predicted molar refractivity (Wildman–Crippen MR) is 133 cm³/mol. The number of hydrogen-bond donors (Lipinski definition) is 4. The molecule has 0 fully saturated rings. The van der Waals surface area contributed by atoms with Crippen molar-refractivity contribution in [1.29, 1.82) is 0 Å².